The lowest BCUT2D eigenvalue weighted by atomic mass is 9.76. The number of carbonyl (C=O) groups is 2. The Morgan fingerprint density at radius 1 is 0.644 bits per heavy atom. The Balaban J connectivity index is 2.39. The first-order valence-electron chi connectivity index (χ1n) is 13.9. The van der Waals surface area contributed by atoms with Crippen LogP contribution in [0.25, 0.3) is 0 Å². The summed E-state index contributed by atoms with van der Waals surface area (Å²) in [6, 6.07) is 0. The number of ether oxygens (including phenoxy) is 4. The highest BCUT2D eigenvalue weighted by Crippen LogP contribution is 2.52. The van der Waals surface area contributed by atoms with E-state index in [-0.39, 0.29) is 49.9 Å². The molecule has 0 spiro atoms. The van der Waals surface area contributed by atoms with Gasteiger partial charge in [-0.25, -0.2) is 0 Å². The number of carbonyl (C=O) groups excluding carboxylic acids is 2. The number of esters is 2. The highest BCUT2D eigenvalue weighted by Gasteiger charge is 2.36. The first-order valence-corrected chi connectivity index (χ1v) is 19.8. The van der Waals surface area contributed by atoms with Gasteiger partial charge >= 0.3 is 11.9 Å². The summed E-state index contributed by atoms with van der Waals surface area (Å²) in [5.74, 6) is 0.935. The number of aliphatic hydroxyl groups is 2. The first-order chi connectivity index (χ1) is 21.0. The van der Waals surface area contributed by atoms with Gasteiger partial charge in [-0.2, -0.15) is 23.5 Å². The van der Waals surface area contributed by atoms with Crippen LogP contribution in [0.5, 0.6) is 11.5 Å². The molecule has 2 atom stereocenters. The van der Waals surface area contributed by atoms with Gasteiger partial charge in [0.15, 0.2) is 0 Å². The van der Waals surface area contributed by atoms with Gasteiger partial charge in [-0.05, 0) is 51.3 Å². The standard InChI is InChI=1S/C31H40Br4O8S2/c1-15-25(32)23(26(33)16(2)29(15)42-11-19(36)9-40-21(38)13-44-7)31(5,6)24-27(34)17(3)30(18(4)28(24)35)43-12-20(37)10-41-22(39)14-45-8/h19-20,36-37H,9-14H2,1-8H3. The summed E-state index contributed by atoms with van der Waals surface area (Å²) in [6.07, 6.45) is 1.67. The molecule has 252 valence electrons. The molecule has 0 bridgehead atoms. The fourth-order valence-electron chi connectivity index (χ4n) is 4.71. The van der Waals surface area contributed by atoms with Gasteiger partial charge in [0.25, 0.3) is 0 Å². The summed E-state index contributed by atoms with van der Waals surface area (Å²) in [7, 11) is 0. The summed E-state index contributed by atoms with van der Waals surface area (Å²) in [6.45, 7) is 11.7. The first kappa shape index (κ1) is 40.7. The highest BCUT2D eigenvalue weighted by atomic mass is 79.9. The van der Waals surface area contributed by atoms with E-state index in [0.717, 1.165) is 51.3 Å². The van der Waals surface area contributed by atoms with Crippen LogP contribution in [-0.4, -0.2) is 84.8 Å². The molecule has 2 aromatic rings. The summed E-state index contributed by atoms with van der Waals surface area (Å²) in [5, 5.41) is 20.7. The van der Waals surface area contributed by atoms with Gasteiger partial charge in [0.1, 0.15) is 50.1 Å². The van der Waals surface area contributed by atoms with Crippen LogP contribution in [0.4, 0.5) is 0 Å². The maximum atomic E-state index is 11.7. The zero-order chi connectivity index (χ0) is 34.2. The lowest BCUT2D eigenvalue weighted by molar-refractivity contribution is -0.144. The number of hydrogen-bond donors (Lipinski definition) is 2. The van der Waals surface area contributed by atoms with E-state index in [0.29, 0.717) is 11.5 Å². The van der Waals surface area contributed by atoms with E-state index in [4.69, 9.17) is 18.9 Å². The molecule has 14 heteroatoms. The predicted octanol–water partition coefficient (Wildman–Crippen LogP) is 7.59. The van der Waals surface area contributed by atoms with Crippen LogP contribution in [0, 0.1) is 27.7 Å². The topological polar surface area (TPSA) is 112 Å². The molecule has 45 heavy (non-hydrogen) atoms. The van der Waals surface area contributed by atoms with Crippen molar-refractivity contribution in [3.8, 4) is 11.5 Å². The molecule has 0 aromatic heterocycles. The Kier molecular flexibility index (Phi) is 16.6. The van der Waals surface area contributed by atoms with Crippen molar-refractivity contribution in [1.82, 2.24) is 0 Å². The fourth-order valence-corrected chi connectivity index (χ4v) is 9.38. The zero-order valence-electron chi connectivity index (χ0n) is 26.6. The van der Waals surface area contributed by atoms with Crippen molar-refractivity contribution in [3.05, 3.63) is 51.3 Å². The molecule has 2 rings (SSSR count). The molecule has 0 aliphatic heterocycles. The van der Waals surface area contributed by atoms with Crippen molar-refractivity contribution in [2.75, 3.05) is 50.4 Å². The van der Waals surface area contributed by atoms with Crippen LogP contribution in [0.1, 0.15) is 47.2 Å². The maximum absolute atomic E-state index is 11.7. The van der Waals surface area contributed by atoms with Gasteiger partial charge in [-0.15, -0.1) is 0 Å². The van der Waals surface area contributed by atoms with Crippen molar-refractivity contribution in [3.63, 3.8) is 0 Å². The molecule has 0 saturated carbocycles. The van der Waals surface area contributed by atoms with Gasteiger partial charge in [0.05, 0.1) is 11.5 Å². The number of rotatable bonds is 16. The molecule has 0 fully saturated rings. The lowest BCUT2D eigenvalue weighted by Crippen LogP contribution is -2.27. The highest BCUT2D eigenvalue weighted by molar-refractivity contribution is 9.11. The van der Waals surface area contributed by atoms with Crippen LogP contribution >= 0.6 is 87.2 Å². The van der Waals surface area contributed by atoms with Gasteiger partial charge in [-0.3, -0.25) is 9.59 Å². The van der Waals surface area contributed by atoms with E-state index in [2.05, 4.69) is 77.6 Å². The van der Waals surface area contributed by atoms with Crippen LogP contribution in [0.15, 0.2) is 17.9 Å². The SMILES string of the molecule is CSCC(=O)OCC(O)COc1c(C)c(Br)c(C(C)(C)c2c(Br)c(C)c(OCC(O)COC(=O)CSC)c(C)c2Br)c(Br)c1C. The van der Waals surface area contributed by atoms with Gasteiger partial charge < -0.3 is 29.2 Å². The normalized spacial score (nSPS) is 12.9. The molecule has 8 nitrogen and oxygen atoms in total. The summed E-state index contributed by atoms with van der Waals surface area (Å²) in [5.41, 5.74) is 4.86. The minimum Gasteiger partial charge on any atom is -0.490 e. The number of thioether (sulfide) groups is 2. The molecule has 0 radical (unpaired) electrons. The third-order valence-corrected chi connectivity index (χ3v) is 12.1. The van der Waals surface area contributed by atoms with Gasteiger partial charge in [0, 0.05) is 45.6 Å². The van der Waals surface area contributed by atoms with Crippen molar-refractivity contribution < 1.29 is 38.7 Å². The van der Waals surface area contributed by atoms with Crippen molar-refractivity contribution >= 4 is 99.2 Å². The van der Waals surface area contributed by atoms with Crippen LogP contribution in [-0.2, 0) is 24.5 Å². The quantitative estimate of drug-likeness (QED) is 0.164. The average Bonchev–Trinajstić information content (AvgIpc) is 2.97. The number of benzene rings is 2. The van der Waals surface area contributed by atoms with Gasteiger partial charge in [-0.1, -0.05) is 77.6 Å². The number of halogens is 4. The number of aliphatic hydroxyl groups excluding tert-OH is 2. The van der Waals surface area contributed by atoms with Crippen LogP contribution < -0.4 is 9.47 Å². The van der Waals surface area contributed by atoms with E-state index in [1.54, 1.807) is 0 Å². The second kappa shape index (κ2) is 18.3. The van der Waals surface area contributed by atoms with E-state index < -0.39 is 17.6 Å². The summed E-state index contributed by atoms with van der Waals surface area (Å²) in [4.78, 5) is 23.3. The Bertz CT molecular complexity index is 1230. The third kappa shape index (κ3) is 10.3. The molecule has 2 unspecified atom stereocenters. The van der Waals surface area contributed by atoms with Crippen LogP contribution in [0.2, 0.25) is 0 Å². The lowest BCUT2D eigenvalue weighted by Gasteiger charge is -2.34. The molecule has 0 saturated heterocycles. The van der Waals surface area contributed by atoms with Crippen molar-refractivity contribution in [1.29, 1.82) is 0 Å². The van der Waals surface area contributed by atoms with E-state index in [9.17, 15) is 19.8 Å². The molecule has 0 amide bonds. The van der Waals surface area contributed by atoms with E-state index in [1.165, 1.54) is 23.5 Å². The Morgan fingerprint density at radius 2 is 0.933 bits per heavy atom. The average molecular weight is 924 g/mol. The molecule has 2 N–H and O–H groups in total. The fraction of sp³-hybridized carbons (Fsp3) is 0.548. The monoisotopic (exact) mass is 920 g/mol. The minimum atomic E-state index is -0.974. The second-order valence-corrected chi connectivity index (χ2v) is 15.9. The second-order valence-electron chi connectivity index (χ2n) is 11.0. The molecular formula is C31H40Br4O8S2. The van der Waals surface area contributed by atoms with Crippen LogP contribution in [0.3, 0.4) is 0 Å². The molecule has 0 aliphatic carbocycles. The van der Waals surface area contributed by atoms with Crippen molar-refractivity contribution in [2.45, 2.75) is 59.2 Å². The summed E-state index contributed by atoms with van der Waals surface area (Å²) < 4.78 is 25.7. The van der Waals surface area contributed by atoms with E-state index in [1.807, 2.05) is 40.2 Å². The molecular weight excluding hydrogens is 884 g/mol. The minimum absolute atomic E-state index is 0.0399. The summed E-state index contributed by atoms with van der Waals surface area (Å²) >= 11 is 18.1. The molecule has 0 aliphatic rings. The molecule has 2 aromatic carbocycles. The predicted molar refractivity (Wildman–Crippen MR) is 196 cm³/mol. The Hall–Kier alpha value is -0.480. The number of hydrogen-bond acceptors (Lipinski definition) is 10. The van der Waals surface area contributed by atoms with Gasteiger partial charge in [0.2, 0.25) is 0 Å². The Labute approximate surface area is 308 Å². The third-order valence-electron chi connectivity index (χ3n) is 7.05. The van der Waals surface area contributed by atoms with E-state index >= 15 is 0 Å². The molecule has 0 heterocycles. The Morgan fingerprint density at radius 3 is 1.20 bits per heavy atom. The van der Waals surface area contributed by atoms with Crippen molar-refractivity contribution in [2.24, 2.45) is 0 Å². The zero-order valence-corrected chi connectivity index (χ0v) is 34.5. The smallest absolute Gasteiger partial charge is 0.315 e. The maximum Gasteiger partial charge on any atom is 0.315 e. The largest absolute Gasteiger partial charge is 0.490 e.